The number of hydrogen-bond donors (Lipinski definition) is 0. The van der Waals surface area contributed by atoms with Crippen molar-refractivity contribution in [3.05, 3.63) is 23.9 Å². The maximum absolute atomic E-state index is 12.1. The van der Waals surface area contributed by atoms with Crippen LogP contribution in [0.25, 0.3) is 0 Å². The third kappa shape index (κ3) is 3.17. The van der Waals surface area contributed by atoms with Gasteiger partial charge >= 0.3 is 6.09 Å². The van der Waals surface area contributed by atoms with Crippen LogP contribution in [-0.4, -0.2) is 31.8 Å². The molecule has 1 amide bonds. The van der Waals surface area contributed by atoms with Crippen molar-refractivity contribution < 1.29 is 9.53 Å². The second-order valence-corrected chi connectivity index (χ2v) is 11.9. The minimum Gasteiger partial charge on any atom is -0.449 e. The van der Waals surface area contributed by atoms with E-state index in [1.165, 1.54) is 0 Å². The first-order valence-electron chi connectivity index (χ1n) is 7.89. The molecule has 0 unspecified atom stereocenters. The summed E-state index contributed by atoms with van der Waals surface area (Å²) in [5.74, 6) is 4.32. The summed E-state index contributed by atoms with van der Waals surface area (Å²) in [7, 11) is -1.39. The van der Waals surface area contributed by atoms with Crippen molar-refractivity contribution >= 4 is 20.0 Å². The highest BCUT2D eigenvalue weighted by atomic mass is 28.3. The van der Waals surface area contributed by atoms with E-state index in [9.17, 15) is 4.79 Å². The van der Waals surface area contributed by atoms with E-state index in [0.29, 0.717) is 18.3 Å². The van der Waals surface area contributed by atoms with Crippen molar-refractivity contribution in [3.8, 4) is 11.5 Å². The summed E-state index contributed by atoms with van der Waals surface area (Å²) in [6, 6.07) is 4.07. The zero-order chi connectivity index (χ0) is 15.7. The molecule has 2 heterocycles. The molecular formula is C17H22N2O2Si. The van der Waals surface area contributed by atoms with Gasteiger partial charge < -0.3 is 4.74 Å². The van der Waals surface area contributed by atoms with Gasteiger partial charge in [0.15, 0.2) is 0 Å². The van der Waals surface area contributed by atoms with Crippen LogP contribution in [0.5, 0.6) is 0 Å². The monoisotopic (exact) mass is 314 g/mol. The Morgan fingerprint density at radius 1 is 1.32 bits per heavy atom. The fourth-order valence-electron chi connectivity index (χ4n) is 3.06. The zero-order valence-corrected chi connectivity index (χ0v) is 14.4. The predicted molar refractivity (Wildman–Crippen MR) is 89.4 cm³/mol. The molecule has 1 aliphatic carbocycles. The van der Waals surface area contributed by atoms with Crippen LogP contribution in [-0.2, 0) is 4.74 Å². The Kier molecular flexibility index (Phi) is 3.96. The van der Waals surface area contributed by atoms with Gasteiger partial charge in [-0.15, -0.1) is 5.54 Å². The Morgan fingerprint density at radius 3 is 2.82 bits per heavy atom. The number of hydrogen-bond acceptors (Lipinski definition) is 3. The lowest BCUT2D eigenvalue weighted by atomic mass is 10.0. The lowest BCUT2D eigenvalue weighted by molar-refractivity contribution is 0.104. The van der Waals surface area contributed by atoms with Gasteiger partial charge in [-0.3, -0.25) is 4.90 Å². The number of fused-ring (bicyclic) bond motifs is 1. The predicted octanol–water partition coefficient (Wildman–Crippen LogP) is 3.44. The van der Waals surface area contributed by atoms with Crippen molar-refractivity contribution in [2.24, 2.45) is 5.92 Å². The highest BCUT2D eigenvalue weighted by molar-refractivity contribution is 6.83. The molecule has 1 saturated carbocycles. The summed E-state index contributed by atoms with van der Waals surface area (Å²) in [6.07, 6.45) is 4.82. The maximum Gasteiger partial charge on any atom is 0.415 e. The number of aromatic nitrogens is 1. The van der Waals surface area contributed by atoms with Crippen molar-refractivity contribution in [3.63, 3.8) is 0 Å². The van der Waals surface area contributed by atoms with Gasteiger partial charge in [0, 0.05) is 23.7 Å². The summed E-state index contributed by atoms with van der Waals surface area (Å²) >= 11 is 0. The first kappa shape index (κ1) is 15.1. The number of anilines is 1. The smallest absolute Gasteiger partial charge is 0.415 e. The lowest BCUT2D eigenvalue weighted by Gasteiger charge is -2.35. The van der Waals surface area contributed by atoms with Crippen LogP contribution in [0.3, 0.4) is 0 Å². The van der Waals surface area contributed by atoms with Gasteiger partial charge in [-0.1, -0.05) is 32.0 Å². The molecule has 5 heteroatoms. The number of ether oxygens (including phenoxy) is 1. The molecule has 1 aromatic heterocycles. The molecule has 0 bridgehead atoms. The summed E-state index contributed by atoms with van der Waals surface area (Å²) in [5.41, 5.74) is 4.23. The van der Waals surface area contributed by atoms with Gasteiger partial charge in [0.2, 0.25) is 0 Å². The highest BCUT2D eigenvalue weighted by Crippen LogP contribution is 2.36. The van der Waals surface area contributed by atoms with E-state index in [2.05, 4.69) is 36.1 Å². The molecular weight excluding hydrogens is 292 g/mol. The summed E-state index contributed by atoms with van der Waals surface area (Å²) in [6.45, 7) is 7.20. The number of rotatable bonds is 1. The Labute approximate surface area is 132 Å². The minimum atomic E-state index is -1.39. The molecule has 0 spiro atoms. The third-order valence-electron chi connectivity index (χ3n) is 4.14. The normalized spacial score (nSPS) is 24.3. The van der Waals surface area contributed by atoms with Crippen molar-refractivity contribution in [1.82, 2.24) is 4.98 Å². The van der Waals surface area contributed by atoms with E-state index in [0.717, 1.165) is 24.8 Å². The molecule has 4 nitrogen and oxygen atoms in total. The fraction of sp³-hybridized carbons (Fsp3) is 0.529. The van der Waals surface area contributed by atoms with Crippen LogP contribution < -0.4 is 4.90 Å². The molecule has 1 aromatic rings. The van der Waals surface area contributed by atoms with Gasteiger partial charge in [0.05, 0.1) is 6.61 Å². The summed E-state index contributed by atoms with van der Waals surface area (Å²) in [4.78, 5) is 18.3. The molecule has 3 rings (SSSR count). The van der Waals surface area contributed by atoms with Crippen LogP contribution in [0, 0.1) is 17.4 Å². The number of carbonyl (C=O) groups excluding carboxylic acids is 1. The van der Waals surface area contributed by atoms with E-state index < -0.39 is 8.07 Å². The first-order chi connectivity index (χ1) is 10.4. The van der Waals surface area contributed by atoms with E-state index >= 15 is 0 Å². The summed E-state index contributed by atoms with van der Waals surface area (Å²) < 4.78 is 5.31. The molecule has 1 saturated heterocycles. The van der Waals surface area contributed by atoms with Gasteiger partial charge in [-0.2, -0.15) is 0 Å². The SMILES string of the molecule is C[Si](C)(C)C#Cc1ccc(N2C(=O)OC[C@H]3CCC[C@H]32)nc1. The topological polar surface area (TPSA) is 42.4 Å². The van der Waals surface area contributed by atoms with E-state index in [-0.39, 0.29) is 12.1 Å². The fourth-order valence-corrected chi connectivity index (χ4v) is 3.58. The van der Waals surface area contributed by atoms with Gasteiger partial charge in [-0.05, 0) is 25.0 Å². The lowest BCUT2D eigenvalue weighted by Crippen LogP contribution is -2.49. The largest absolute Gasteiger partial charge is 0.449 e. The second kappa shape index (κ2) is 5.77. The molecule has 0 N–H and O–H groups in total. The molecule has 0 radical (unpaired) electrons. The molecule has 116 valence electrons. The van der Waals surface area contributed by atoms with Crippen molar-refractivity contribution in [2.45, 2.75) is 44.9 Å². The maximum atomic E-state index is 12.1. The van der Waals surface area contributed by atoms with Gasteiger partial charge in [0.25, 0.3) is 0 Å². The standard InChI is InChI=1S/C17H22N2O2Si/c1-22(2,3)10-9-13-7-8-16(18-11-13)19-15-6-4-5-14(15)12-21-17(19)20/h7-8,11,14-15H,4-6,12H2,1-3H3/t14-,15-/m1/s1. The first-order valence-corrected chi connectivity index (χ1v) is 11.4. The molecule has 22 heavy (non-hydrogen) atoms. The molecule has 2 atom stereocenters. The van der Waals surface area contributed by atoms with Crippen molar-refractivity contribution in [2.75, 3.05) is 11.5 Å². The number of carbonyl (C=O) groups is 1. The second-order valence-electron chi connectivity index (χ2n) is 7.11. The van der Waals surface area contributed by atoms with Crippen LogP contribution in [0.1, 0.15) is 24.8 Å². The number of cyclic esters (lactones) is 1. The highest BCUT2D eigenvalue weighted by Gasteiger charge is 2.41. The summed E-state index contributed by atoms with van der Waals surface area (Å²) in [5, 5.41) is 0. The average molecular weight is 314 g/mol. The molecule has 2 fully saturated rings. The van der Waals surface area contributed by atoms with E-state index in [4.69, 9.17) is 4.74 Å². The van der Waals surface area contributed by atoms with E-state index in [1.54, 1.807) is 11.1 Å². The van der Waals surface area contributed by atoms with Gasteiger partial charge in [-0.25, -0.2) is 9.78 Å². The van der Waals surface area contributed by atoms with Crippen LogP contribution >= 0.6 is 0 Å². The Bertz CT molecular complexity index is 625. The van der Waals surface area contributed by atoms with Gasteiger partial charge in [0.1, 0.15) is 13.9 Å². The zero-order valence-electron chi connectivity index (χ0n) is 13.4. The molecule has 0 aromatic carbocycles. The molecule has 2 aliphatic rings. The van der Waals surface area contributed by atoms with E-state index in [1.807, 2.05) is 12.1 Å². The quantitative estimate of drug-likeness (QED) is 0.589. The van der Waals surface area contributed by atoms with Crippen molar-refractivity contribution in [1.29, 1.82) is 0 Å². The number of nitrogens with zero attached hydrogens (tertiary/aromatic N) is 2. The van der Waals surface area contributed by atoms with Crippen LogP contribution in [0.2, 0.25) is 19.6 Å². The average Bonchev–Trinajstić information content (AvgIpc) is 2.93. The third-order valence-corrected chi connectivity index (χ3v) is 5.02. The Morgan fingerprint density at radius 2 is 2.14 bits per heavy atom. The Hall–Kier alpha value is -1.80. The number of amides is 1. The number of pyridine rings is 1. The Balaban J connectivity index is 1.82. The van der Waals surface area contributed by atoms with Crippen LogP contribution in [0.15, 0.2) is 18.3 Å². The van der Waals surface area contributed by atoms with Crippen LogP contribution in [0.4, 0.5) is 10.6 Å². The molecule has 1 aliphatic heterocycles. The minimum absolute atomic E-state index is 0.243.